The van der Waals surface area contributed by atoms with E-state index in [1.54, 1.807) is 42.5 Å². The average molecular weight is 555 g/mol. The number of pyridine rings is 1. The number of nitrogens with two attached hydrogens (primary N) is 1. The summed E-state index contributed by atoms with van der Waals surface area (Å²) in [5, 5.41) is 17.7. The number of hydrogen-bond donors (Lipinski definition) is 3. The van der Waals surface area contributed by atoms with Crippen LogP contribution in [0.15, 0.2) is 88.1 Å². The van der Waals surface area contributed by atoms with Gasteiger partial charge in [0.15, 0.2) is 0 Å². The monoisotopic (exact) mass is 554 g/mol. The fraction of sp³-hybridized carbons (Fsp3) is 0.120. The number of carbonyl (C=O) groups is 1. The predicted molar refractivity (Wildman–Crippen MR) is 149 cm³/mol. The number of benzene rings is 3. The Balaban J connectivity index is 0.00000253. The van der Waals surface area contributed by atoms with E-state index in [0.717, 1.165) is 5.56 Å². The zero-order valence-electron chi connectivity index (χ0n) is 18.9. The second kappa shape index (κ2) is 14.2. The van der Waals surface area contributed by atoms with Crippen LogP contribution < -0.4 is 10.5 Å². The third-order valence-corrected chi connectivity index (χ3v) is 6.17. The number of carboxylic acid groups (broad SMARTS) is 1. The van der Waals surface area contributed by atoms with Crippen molar-refractivity contribution in [1.29, 1.82) is 0 Å². The van der Waals surface area contributed by atoms with Crippen LogP contribution >= 0.6 is 0 Å². The molecule has 0 fully saturated rings. The van der Waals surface area contributed by atoms with Crippen molar-refractivity contribution in [3.05, 3.63) is 72.9 Å². The van der Waals surface area contributed by atoms with Gasteiger partial charge in [-0.05, 0) is 36.8 Å². The molecule has 4 aromatic rings. The van der Waals surface area contributed by atoms with Gasteiger partial charge < -0.3 is 15.6 Å². The molecule has 0 radical (unpaired) electrons. The van der Waals surface area contributed by atoms with Crippen molar-refractivity contribution in [3.8, 4) is 17.0 Å². The molecule has 1 heterocycles. The van der Waals surface area contributed by atoms with E-state index in [-0.39, 0.29) is 93.8 Å². The van der Waals surface area contributed by atoms with E-state index < -0.39 is 16.1 Å². The molecule has 4 rings (SSSR count). The van der Waals surface area contributed by atoms with Crippen LogP contribution in [0, 0.1) is 0 Å². The number of rotatable bonds is 9. The summed E-state index contributed by atoms with van der Waals surface area (Å²) in [6, 6.07) is 18.4. The predicted octanol–water partition coefficient (Wildman–Crippen LogP) is 4.09. The summed E-state index contributed by atoms with van der Waals surface area (Å²) in [5.41, 5.74) is 8.23. The molecule has 0 saturated heterocycles. The maximum atomic E-state index is 11.9. The summed E-state index contributed by atoms with van der Waals surface area (Å²) in [7, 11) is -4.52. The Kier molecular flexibility index (Phi) is 11.9. The molecule has 0 aliphatic carbocycles. The fourth-order valence-electron chi connectivity index (χ4n) is 3.57. The Morgan fingerprint density at radius 2 is 1.66 bits per heavy atom. The fourth-order valence-corrected chi connectivity index (χ4v) is 4.29. The van der Waals surface area contributed by atoms with Gasteiger partial charge in [-0.2, -0.15) is 8.42 Å². The number of para-hydroxylation sites is 1. The summed E-state index contributed by atoms with van der Waals surface area (Å²) in [5.74, 6) is -0.301. The Morgan fingerprint density at radius 3 is 2.32 bits per heavy atom. The van der Waals surface area contributed by atoms with Gasteiger partial charge in [0.2, 0.25) is 0 Å². The number of hydrogen-bond acceptors (Lipinski definition) is 8. The van der Waals surface area contributed by atoms with Crippen molar-refractivity contribution in [2.45, 2.75) is 17.7 Å². The van der Waals surface area contributed by atoms with Gasteiger partial charge in [0.25, 0.3) is 10.1 Å². The van der Waals surface area contributed by atoms with Gasteiger partial charge in [0, 0.05) is 22.8 Å². The molecule has 1 aromatic heterocycles. The quantitative estimate of drug-likeness (QED) is 0.0915. The Morgan fingerprint density at radius 1 is 0.974 bits per heavy atom. The van der Waals surface area contributed by atoms with Crippen LogP contribution in [0.2, 0.25) is 0 Å². The first-order chi connectivity index (χ1) is 17.2. The van der Waals surface area contributed by atoms with Crippen molar-refractivity contribution in [3.63, 3.8) is 0 Å². The van der Waals surface area contributed by atoms with Gasteiger partial charge >= 0.3 is 65.1 Å². The third kappa shape index (κ3) is 7.84. The summed E-state index contributed by atoms with van der Waals surface area (Å²) in [6.07, 6.45) is 1.89. The molecular weight excluding hydrogens is 530 g/mol. The van der Waals surface area contributed by atoms with Gasteiger partial charge in [0.05, 0.1) is 24.2 Å². The average Bonchev–Trinajstić information content (AvgIpc) is 2.86. The topological polar surface area (TPSA) is 165 Å². The SMILES string of the molecule is Nc1c(/N=N/c2ccc(-c3ccccc3OCCCC(=O)O)nc2)cc(S(=O)(=O)O)c2ccccc12.[NaH].[NaH]. The molecule has 0 unspecified atom stereocenters. The van der Waals surface area contributed by atoms with E-state index in [2.05, 4.69) is 15.2 Å². The van der Waals surface area contributed by atoms with Crippen molar-refractivity contribution in [1.82, 2.24) is 4.98 Å². The van der Waals surface area contributed by atoms with Crippen LogP contribution in [0.25, 0.3) is 22.0 Å². The number of ether oxygens (including phenoxy) is 1. The van der Waals surface area contributed by atoms with Gasteiger partial charge in [-0.1, -0.05) is 36.4 Å². The van der Waals surface area contributed by atoms with Crippen LogP contribution in [0.3, 0.4) is 0 Å². The summed E-state index contributed by atoms with van der Waals surface area (Å²) in [4.78, 5) is 14.8. The molecule has 10 nitrogen and oxygen atoms in total. The van der Waals surface area contributed by atoms with Crippen LogP contribution in [0.1, 0.15) is 12.8 Å². The van der Waals surface area contributed by atoms with Crippen molar-refractivity contribution < 1.29 is 27.6 Å². The maximum absolute atomic E-state index is 11.9. The molecule has 0 spiro atoms. The second-order valence-corrected chi connectivity index (χ2v) is 9.16. The van der Waals surface area contributed by atoms with Crippen LogP contribution in [-0.4, -0.2) is 94.8 Å². The molecule has 0 amide bonds. The zero-order chi connectivity index (χ0) is 25.7. The van der Waals surface area contributed by atoms with Crippen LogP contribution in [-0.2, 0) is 14.9 Å². The number of aliphatic carboxylic acids is 1. The molecule has 188 valence electrons. The zero-order valence-corrected chi connectivity index (χ0v) is 19.7. The normalized spacial score (nSPS) is 11.1. The summed E-state index contributed by atoms with van der Waals surface area (Å²) >= 11 is 0. The molecule has 4 N–H and O–H groups in total. The number of aromatic nitrogens is 1. The van der Waals surface area contributed by atoms with Gasteiger partial charge in [-0.3, -0.25) is 14.3 Å². The second-order valence-electron chi connectivity index (χ2n) is 7.77. The first kappa shape index (κ1) is 31.9. The standard InChI is InChI=1S/C25H22N4O6S.2Na.2H/c26-25-18-7-2-1-6-17(18)23(36(32,33)34)14-21(25)29-28-16-11-12-20(27-15-16)19-8-3-4-9-22(19)35-13-5-10-24(30)31;;;;/h1-4,6-9,11-12,14-15H,5,10,13,26H2,(H,30,31)(H,32,33,34);;;;/b29-28+;;;;. The van der Waals surface area contributed by atoms with Crippen molar-refractivity contribution >= 4 is 103 Å². The number of carboxylic acids is 1. The summed E-state index contributed by atoms with van der Waals surface area (Å²) in [6.45, 7) is 0.258. The third-order valence-electron chi connectivity index (χ3n) is 5.28. The Labute approximate surface area is 263 Å². The summed E-state index contributed by atoms with van der Waals surface area (Å²) < 4.78 is 39.2. The molecular formula is C25H24N4Na2O6S. The molecule has 38 heavy (non-hydrogen) atoms. The number of fused-ring (bicyclic) bond motifs is 1. The molecule has 0 aliphatic rings. The van der Waals surface area contributed by atoms with E-state index in [0.29, 0.717) is 28.9 Å². The van der Waals surface area contributed by atoms with Gasteiger partial charge in [-0.25, -0.2) is 0 Å². The first-order valence-corrected chi connectivity index (χ1v) is 12.3. The van der Waals surface area contributed by atoms with Crippen LogP contribution in [0.4, 0.5) is 17.1 Å². The van der Waals surface area contributed by atoms with E-state index >= 15 is 0 Å². The number of nitrogens with zero attached hydrogens (tertiary/aromatic N) is 3. The number of anilines is 1. The van der Waals surface area contributed by atoms with Crippen LogP contribution in [0.5, 0.6) is 5.75 Å². The molecule has 0 atom stereocenters. The Hall–Kier alpha value is -2.35. The molecule has 0 bridgehead atoms. The molecule has 3 aromatic carbocycles. The van der Waals surface area contributed by atoms with E-state index in [1.807, 2.05) is 18.2 Å². The van der Waals surface area contributed by atoms with Gasteiger partial charge in [0.1, 0.15) is 22.0 Å². The van der Waals surface area contributed by atoms with E-state index in [9.17, 15) is 17.8 Å². The minimum atomic E-state index is -4.52. The van der Waals surface area contributed by atoms with Gasteiger partial charge in [-0.15, -0.1) is 10.2 Å². The molecule has 0 aliphatic heterocycles. The number of nitrogen functional groups attached to an aromatic ring is 1. The number of azo groups is 1. The molecule has 13 heteroatoms. The minimum absolute atomic E-state index is 0. The van der Waals surface area contributed by atoms with Crippen molar-refractivity contribution in [2.75, 3.05) is 12.3 Å². The van der Waals surface area contributed by atoms with Crippen molar-refractivity contribution in [2.24, 2.45) is 10.2 Å². The van der Waals surface area contributed by atoms with E-state index in [4.69, 9.17) is 15.6 Å². The Bertz CT molecular complexity index is 1560. The van der Waals surface area contributed by atoms with E-state index in [1.165, 1.54) is 12.3 Å². The first-order valence-electron chi connectivity index (χ1n) is 10.8. The molecule has 0 saturated carbocycles.